The number of rotatable bonds is 10. The van der Waals surface area contributed by atoms with Gasteiger partial charge in [-0.2, -0.15) is 0 Å². The van der Waals surface area contributed by atoms with Crippen LogP contribution in [0.25, 0.3) is 5.76 Å². The zero-order valence-electron chi connectivity index (χ0n) is 19.0. The highest BCUT2D eigenvalue weighted by atomic mass is 19.1. The highest BCUT2D eigenvalue weighted by Crippen LogP contribution is 2.39. The van der Waals surface area contributed by atoms with Crippen molar-refractivity contribution in [3.63, 3.8) is 0 Å². The molecule has 3 rings (SSSR count). The van der Waals surface area contributed by atoms with Crippen molar-refractivity contribution in [2.75, 3.05) is 32.8 Å². The van der Waals surface area contributed by atoms with Crippen LogP contribution in [-0.4, -0.2) is 59.4 Å². The Morgan fingerprint density at radius 1 is 1.12 bits per heavy atom. The van der Waals surface area contributed by atoms with Gasteiger partial charge in [-0.15, -0.1) is 0 Å². The van der Waals surface area contributed by atoms with E-state index < -0.39 is 23.5 Å². The molecule has 0 aromatic heterocycles. The van der Waals surface area contributed by atoms with Gasteiger partial charge in [0, 0.05) is 18.7 Å². The topological polar surface area (TPSA) is 70.1 Å². The zero-order chi connectivity index (χ0) is 24.0. The van der Waals surface area contributed by atoms with Crippen molar-refractivity contribution >= 4 is 17.4 Å². The summed E-state index contributed by atoms with van der Waals surface area (Å²) in [6.45, 7) is 10.6. The van der Waals surface area contributed by atoms with Crippen LogP contribution in [-0.2, 0) is 9.59 Å². The molecule has 1 atom stereocenters. The third kappa shape index (κ3) is 5.31. The normalized spacial score (nSPS) is 17.6. The quantitative estimate of drug-likeness (QED) is 0.254. The molecule has 1 amide bonds. The van der Waals surface area contributed by atoms with Crippen LogP contribution in [0.4, 0.5) is 4.39 Å². The molecular formula is C26H29FN2O4. The van der Waals surface area contributed by atoms with Crippen molar-refractivity contribution in [1.29, 1.82) is 0 Å². The number of ketones is 1. The number of hydrogen-bond donors (Lipinski definition) is 1. The predicted octanol–water partition coefficient (Wildman–Crippen LogP) is 4.15. The van der Waals surface area contributed by atoms with Gasteiger partial charge in [-0.3, -0.25) is 9.59 Å². The first-order valence-corrected chi connectivity index (χ1v) is 11.0. The summed E-state index contributed by atoms with van der Waals surface area (Å²) in [5, 5.41) is 11.0. The molecule has 0 aliphatic carbocycles. The Hall–Kier alpha value is -3.45. The number of aliphatic hydroxyl groups excluding tert-OH is 1. The van der Waals surface area contributed by atoms with E-state index in [4.69, 9.17) is 4.74 Å². The van der Waals surface area contributed by atoms with E-state index >= 15 is 0 Å². The summed E-state index contributed by atoms with van der Waals surface area (Å²) >= 11 is 0. The lowest BCUT2D eigenvalue weighted by atomic mass is 9.95. The van der Waals surface area contributed by atoms with Crippen molar-refractivity contribution < 1.29 is 23.8 Å². The molecule has 33 heavy (non-hydrogen) atoms. The number of carbonyl (C=O) groups excluding carboxylic acids is 2. The van der Waals surface area contributed by atoms with E-state index in [9.17, 15) is 19.1 Å². The number of Topliss-reactive ketones (excluding diaryl/α,β-unsaturated/α-hetero) is 1. The molecule has 1 N–H and O–H groups in total. The molecule has 1 aliphatic rings. The first-order chi connectivity index (χ1) is 15.9. The lowest BCUT2D eigenvalue weighted by molar-refractivity contribution is -0.140. The van der Waals surface area contributed by atoms with Crippen LogP contribution in [0.3, 0.4) is 0 Å². The summed E-state index contributed by atoms with van der Waals surface area (Å²) in [4.78, 5) is 29.7. The van der Waals surface area contributed by atoms with Gasteiger partial charge in [0.2, 0.25) is 0 Å². The fourth-order valence-corrected chi connectivity index (χ4v) is 3.91. The Morgan fingerprint density at radius 2 is 1.76 bits per heavy atom. The summed E-state index contributed by atoms with van der Waals surface area (Å²) in [5.41, 5.74) is 0.934. The van der Waals surface area contributed by atoms with E-state index in [0.717, 1.165) is 13.1 Å². The first-order valence-electron chi connectivity index (χ1n) is 11.0. The van der Waals surface area contributed by atoms with Gasteiger partial charge in [-0.1, -0.05) is 38.6 Å². The van der Waals surface area contributed by atoms with Gasteiger partial charge in [0.05, 0.1) is 11.6 Å². The minimum Gasteiger partial charge on any atom is -0.507 e. The molecule has 6 nitrogen and oxygen atoms in total. The Balaban J connectivity index is 2.05. The molecule has 0 radical (unpaired) electrons. The largest absolute Gasteiger partial charge is 0.507 e. The number of likely N-dealkylation sites (tertiary alicyclic amines) is 1. The van der Waals surface area contributed by atoms with E-state index in [2.05, 4.69) is 11.5 Å². The molecule has 0 bridgehead atoms. The molecular weight excluding hydrogens is 423 g/mol. The fraction of sp³-hybridized carbons (Fsp3) is 0.308. The first kappa shape index (κ1) is 24.2. The maximum absolute atomic E-state index is 13.4. The van der Waals surface area contributed by atoms with Gasteiger partial charge >= 0.3 is 0 Å². The Kier molecular flexibility index (Phi) is 8.01. The van der Waals surface area contributed by atoms with Gasteiger partial charge in [-0.25, -0.2) is 4.39 Å². The maximum atomic E-state index is 13.4. The lowest BCUT2D eigenvalue weighted by Gasteiger charge is -2.28. The monoisotopic (exact) mass is 452 g/mol. The summed E-state index contributed by atoms with van der Waals surface area (Å²) in [5.74, 6) is -1.58. The zero-order valence-corrected chi connectivity index (χ0v) is 19.0. The predicted molar refractivity (Wildman–Crippen MR) is 125 cm³/mol. The average molecular weight is 453 g/mol. The van der Waals surface area contributed by atoms with Gasteiger partial charge < -0.3 is 19.6 Å². The minimum absolute atomic E-state index is 0.00841. The van der Waals surface area contributed by atoms with Crippen LogP contribution in [0.1, 0.15) is 31.0 Å². The second-order valence-electron chi connectivity index (χ2n) is 7.69. The summed E-state index contributed by atoms with van der Waals surface area (Å²) in [6.07, 6.45) is 1.64. The van der Waals surface area contributed by atoms with E-state index in [1.807, 2.05) is 13.8 Å². The Bertz CT molecular complexity index is 1030. The van der Waals surface area contributed by atoms with E-state index in [0.29, 0.717) is 31.0 Å². The number of ether oxygens (including phenoxy) is 1. The molecule has 0 unspecified atom stereocenters. The van der Waals surface area contributed by atoms with E-state index in [1.54, 1.807) is 30.3 Å². The number of likely N-dealkylation sites (N-methyl/N-ethyl adjacent to an activating group) is 1. The number of benzene rings is 2. The van der Waals surface area contributed by atoms with Gasteiger partial charge in [0.1, 0.15) is 23.9 Å². The van der Waals surface area contributed by atoms with Crippen molar-refractivity contribution in [2.24, 2.45) is 0 Å². The fourth-order valence-electron chi connectivity index (χ4n) is 3.91. The second-order valence-corrected chi connectivity index (χ2v) is 7.69. The van der Waals surface area contributed by atoms with E-state index in [1.165, 1.54) is 29.2 Å². The SMILES string of the molecule is C=CCOc1ccc([C@H]2/C(=C(\O)c3ccc(F)cc3)C(=O)C(=O)N2CCN(CC)CC)cc1. The molecule has 1 saturated heterocycles. The molecule has 2 aromatic carbocycles. The van der Waals surface area contributed by atoms with Crippen LogP contribution >= 0.6 is 0 Å². The van der Waals surface area contributed by atoms with Crippen LogP contribution < -0.4 is 4.74 Å². The van der Waals surface area contributed by atoms with Crippen molar-refractivity contribution in [1.82, 2.24) is 9.80 Å². The van der Waals surface area contributed by atoms with E-state index in [-0.39, 0.29) is 16.9 Å². The molecule has 7 heteroatoms. The molecule has 1 fully saturated rings. The van der Waals surface area contributed by atoms with Crippen molar-refractivity contribution in [3.8, 4) is 5.75 Å². The highest BCUT2D eigenvalue weighted by Gasteiger charge is 2.45. The second kappa shape index (κ2) is 10.9. The summed E-state index contributed by atoms with van der Waals surface area (Å²) in [7, 11) is 0. The van der Waals surface area contributed by atoms with Gasteiger partial charge in [0.15, 0.2) is 0 Å². The minimum atomic E-state index is -0.765. The Labute approximate surface area is 193 Å². The molecule has 1 aliphatic heterocycles. The summed E-state index contributed by atoms with van der Waals surface area (Å²) in [6, 6.07) is 11.5. The number of hydrogen-bond acceptors (Lipinski definition) is 5. The standard InChI is InChI=1S/C26H29FN2O4/c1-4-17-33-21-13-9-18(10-14-21)23-22(24(30)19-7-11-20(27)12-8-19)25(31)26(32)29(23)16-15-28(5-2)6-3/h4,7-14,23,30H,1,5-6,15-17H2,2-3H3/b24-22+/t23-/m0/s1. The van der Waals surface area contributed by atoms with Crippen LogP contribution in [0.15, 0.2) is 66.8 Å². The third-order valence-electron chi connectivity index (χ3n) is 5.77. The smallest absolute Gasteiger partial charge is 0.295 e. The molecule has 0 saturated carbocycles. The molecule has 0 spiro atoms. The lowest BCUT2D eigenvalue weighted by Crippen LogP contribution is -2.38. The average Bonchev–Trinajstić information content (AvgIpc) is 3.08. The molecule has 1 heterocycles. The number of carbonyl (C=O) groups is 2. The number of aliphatic hydroxyl groups is 1. The molecule has 2 aromatic rings. The Morgan fingerprint density at radius 3 is 2.33 bits per heavy atom. The maximum Gasteiger partial charge on any atom is 0.295 e. The van der Waals surface area contributed by atoms with Gasteiger partial charge in [-0.05, 0) is 55.1 Å². The van der Waals surface area contributed by atoms with Crippen molar-refractivity contribution in [2.45, 2.75) is 19.9 Å². The third-order valence-corrected chi connectivity index (χ3v) is 5.77. The van der Waals surface area contributed by atoms with Gasteiger partial charge in [0.25, 0.3) is 11.7 Å². The number of halogens is 1. The number of nitrogens with zero attached hydrogens (tertiary/aromatic N) is 2. The van der Waals surface area contributed by atoms with Crippen LogP contribution in [0.5, 0.6) is 5.75 Å². The summed E-state index contributed by atoms with van der Waals surface area (Å²) < 4.78 is 18.9. The molecule has 174 valence electrons. The highest BCUT2D eigenvalue weighted by molar-refractivity contribution is 6.46. The van der Waals surface area contributed by atoms with Crippen molar-refractivity contribution in [3.05, 3.63) is 83.7 Å². The van der Waals surface area contributed by atoms with Crippen LogP contribution in [0, 0.1) is 5.82 Å². The number of amides is 1. The van der Waals surface area contributed by atoms with Crippen LogP contribution in [0.2, 0.25) is 0 Å².